The number of hydrogen-bond acceptors (Lipinski definition) is 4. The van der Waals surface area contributed by atoms with Crippen LogP contribution in [0.25, 0.3) is 5.57 Å². The van der Waals surface area contributed by atoms with Crippen molar-refractivity contribution in [3.63, 3.8) is 0 Å². The molecular formula is C25H28ClN3O3S. The maximum atomic E-state index is 13.5. The predicted molar refractivity (Wildman–Crippen MR) is 132 cm³/mol. The number of carbonyl (C=O) groups is 1. The number of rotatable bonds is 3. The smallest absolute Gasteiger partial charge is 0.258 e. The molecule has 6 nitrogen and oxygen atoms in total. The van der Waals surface area contributed by atoms with Gasteiger partial charge >= 0.3 is 0 Å². The molecule has 5 rings (SSSR count). The van der Waals surface area contributed by atoms with Gasteiger partial charge in [-0.05, 0) is 68.5 Å². The first-order chi connectivity index (χ1) is 15.8. The first-order valence-electron chi connectivity index (χ1n) is 11.4. The van der Waals surface area contributed by atoms with Gasteiger partial charge in [0.15, 0.2) is 0 Å². The number of benzene rings is 2. The van der Waals surface area contributed by atoms with Crippen LogP contribution in [0.15, 0.2) is 46.9 Å². The van der Waals surface area contributed by atoms with E-state index >= 15 is 0 Å². The highest BCUT2D eigenvalue weighted by Crippen LogP contribution is 2.43. The van der Waals surface area contributed by atoms with Gasteiger partial charge in [-0.15, -0.1) is 0 Å². The Hall–Kier alpha value is -2.35. The van der Waals surface area contributed by atoms with Crippen LogP contribution in [0.4, 0.5) is 11.4 Å². The molecule has 1 saturated carbocycles. The number of halogens is 1. The Morgan fingerprint density at radius 2 is 1.61 bits per heavy atom. The van der Waals surface area contributed by atoms with Crippen molar-refractivity contribution in [3.05, 3.63) is 58.1 Å². The fourth-order valence-corrected chi connectivity index (χ4v) is 6.81. The lowest BCUT2D eigenvalue weighted by Crippen LogP contribution is -2.48. The van der Waals surface area contributed by atoms with Crippen LogP contribution >= 0.6 is 11.6 Å². The van der Waals surface area contributed by atoms with Crippen molar-refractivity contribution >= 4 is 44.5 Å². The minimum atomic E-state index is -3.66. The van der Waals surface area contributed by atoms with Crippen molar-refractivity contribution in [3.8, 4) is 0 Å². The molecule has 174 valence electrons. The zero-order valence-corrected chi connectivity index (χ0v) is 20.5. The second-order valence-corrected chi connectivity index (χ2v) is 11.4. The molecule has 2 aromatic carbocycles. The molecule has 2 aromatic rings. The molecule has 0 spiro atoms. The van der Waals surface area contributed by atoms with Gasteiger partial charge in [0.25, 0.3) is 5.91 Å². The van der Waals surface area contributed by atoms with Gasteiger partial charge in [0, 0.05) is 55.1 Å². The van der Waals surface area contributed by atoms with Gasteiger partial charge < -0.3 is 9.80 Å². The van der Waals surface area contributed by atoms with Crippen LogP contribution in [-0.4, -0.2) is 51.9 Å². The van der Waals surface area contributed by atoms with Gasteiger partial charge in [0.2, 0.25) is 10.0 Å². The van der Waals surface area contributed by atoms with Crippen LogP contribution in [0, 0.1) is 6.92 Å². The van der Waals surface area contributed by atoms with Crippen molar-refractivity contribution in [1.29, 1.82) is 0 Å². The molecule has 0 atom stereocenters. The first kappa shape index (κ1) is 22.4. The van der Waals surface area contributed by atoms with Gasteiger partial charge in [-0.3, -0.25) is 4.79 Å². The number of piperazine rings is 1. The summed E-state index contributed by atoms with van der Waals surface area (Å²) in [6.45, 7) is 4.04. The van der Waals surface area contributed by atoms with Crippen LogP contribution in [0.5, 0.6) is 0 Å². The molecule has 33 heavy (non-hydrogen) atoms. The maximum Gasteiger partial charge on any atom is 0.258 e. The summed E-state index contributed by atoms with van der Waals surface area (Å²) in [5, 5.41) is 0.676. The van der Waals surface area contributed by atoms with E-state index in [-0.39, 0.29) is 10.8 Å². The molecule has 0 bridgehead atoms. The van der Waals surface area contributed by atoms with E-state index in [0.29, 0.717) is 36.8 Å². The molecule has 0 radical (unpaired) electrons. The van der Waals surface area contributed by atoms with Gasteiger partial charge in [-0.25, -0.2) is 8.42 Å². The summed E-state index contributed by atoms with van der Waals surface area (Å²) in [6.07, 6.45) is 3.99. The van der Waals surface area contributed by atoms with Gasteiger partial charge in [-0.1, -0.05) is 23.2 Å². The van der Waals surface area contributed by atoms with Gasteiger partial charge in [0.05, 0.1) is 10.6 Å². The van der Waals surface area contributed by atoms with Crippen molar-refractivity contribution in [1.82, 2.24) is 4.31 Å². The van der Waals surface area contributed by atoms with Crippen LogP contribution in [0.3, 0.4) is 0 Å². The summed E-state index contributed by atoms with van der Waals surface area (Å²) in [7, 11) is -1.90. The van der Waals surface area contributed by atoms with Gasteiger partial charge in [0.1, 0.15) is 0 Å². The lowest BCUT2D eigenvalue weighted by molar-refractivity contribution is -0.112. The largest absolute Gasteiger partial charge is 0.369 e. The highest BCUT2D eigenvalue weighted by molar-refractivity contribution is 7.89. The first-order valence-corrected chi connectivity index (χ1v) is 13.2. The lowest BCUT2D eigenvalue weighted by Gasteiger charge is -2.36. The molecule has 2 fully saturated rings. The summed E-state index contributed by atoms with van der Waals surface area (Å²) in [5.74, 6) is -0.0260. The number of carbonyl (C=O) groups excluding carboxylic acids is 1. The number of fused-ring (bicyclic) bond motifs is 1. The van der Waals surface area contributed by atoms with E-state index in [0.717, 1.165) is 53.8 Å². The van der Waals surface area contributed by atoms with Crippen molar-refractivity contribution in [2.75, 3.05) is 43.0 Å². The zero-order valence-electron chi connectivity index (χ0n) is 19.0. The van der Waals surface area contributed by atoms with Crippen molar-refractivity contribution in [2.24, 2.45) is 0 Å². The molecule has 1 amide bonds. The fraction of sp³-hybridized carbons (Fsp3) is 0.400. The molecule has 2 heterocycles. The molecule has 0 unspecified atom stereocenters. The average Bonchev–Trinajstić information content (AvgIpc) is 3.42. The van der Waals surface area contributed by atoms with E-state index in [1.807, 2.05) is 25.1 Å². The summed E-state index contributed by atoms with van der Waals surface area (Å²) < 4.78 is 28.6. The molecule has 2 aliphatic heterocycles. The summed E-state index contributed by atoms with van der Waals surface area (Å²) >= 11 is 6.18. The Kier molecular flexibility index (Phi) is 5.75. The van der Waals surface area contributed by atoms with E-state index in [9.17, 15) is 13.2 Å². The average molecular weight is 486 g/mol. The van der Waals surface area contributed by atoms with Crippen LogP contribution in [-0.2, 0) is 14.8 Å². The number of allylic oxidation sites excluding steroid dienone is 1. The lowest BCUT2D eigenvalue weighted by atomic mass is 10.00. The molecule has 1 aliphatic carbocycles. The Morgan fingerprint density at radius 1 is 0.909 bits per heavy atom. The summed E-state index contributed by atoms with van der Waals surface area (Å²) in [4.78, 5) is 17.0. The highest BCUT2D eigenvalue weighted by Gasteiger charge is 2.35. The Labute approximate surface area is 200 Å². The number of amides is 1. The molecule has 1 saturated heterocycles. The van der Waals surface area contributed by atoms with Crippen LogP contribution in [0.1, 0.15) is 36.8 Å². The highest BCUT2D eigenvalue weighted by atomic mass is 35.5. The number of hydrogen-bond donors (Lipinski definition) is 0. The molecular weight excluding hydrogens is 458 g/mol. The molecule has 3 aliphatic rings. The number of nitrogens with zero attached hydrogens (tertiary/aromatic N) is 3. The molecule has 8 heteroatoms. The van der Waals surface area contributed by atoms with Crippen LogP contribution in [0.2, 0.25) is 5.02 Å². The number of sulfonamides is 1. The van der Waals surface area contributed by atoms with E-state index in [1.165, 1.54) is 0 Å². The molecule has 0 aromatic heterocycles. The Morgan fingerprint density at radius 3 is 2.30 bits per heavy atom. The Balaban J connectivity index is 1.41. The van der Waals surface area contributed by atoms with Gasteiger partial charge in [-0.2, -0.15) is 4.31 Å². The monoisotopic (exact) mass is 485 g/mol. The standard InChI is InChI=1S/C25H28ClN3O3S/c1-17-7-8-19(26)15-23(17)28-11-13-29(14-12-28)33(31,32)20-9-10-22-21(16-20)24(25(30)27(22)2)18-5-3-4-6-18/h7-10,15-16H,3-6,11-14H2,1-2H3. The number of likely N-dealkylation sites (N-methyl/N-ethyl adjacent to an activating group) is 1. The van der Waals surface area contributed by atoms with Crippen molar-refractivity contribution < 1.29 is 13.2 Å². The maximum absolute atomic E-state index is 13.5. The predicted octanol–water partition coefficient (Wildman–Crippen LogP) is 4.46. The third-order valence-corrected chi connectivity index (χ3v) is 9.20. The normalized spacial score (nSPS) is 19.5. The quantitative estimate of drug-likeness (QED) is 0.602. The fourth-order valence-electron chi connectivity index (χ4n) is 5.20. The Bertz CT molecular complexity index is 1260. The van der Waals surface area contributed by atoms with E-state index in [1.54, 1.807) is 34.5 Å². The topological polar surface area (TPSA) is 60.9 Å². The van der Waals surface area contributed by atoms with Crippen LogP contribution < -0.4 is 9.80 Å². The van der Waals surface area contributed by atoms with E-state index < -0.39 is 10.0 Å². The third kappa shape index (κ3) is 3.86. The minimum Gasteiger partial charge on any atom is -0.369 e. The molecule has 0 N–H and O–H groups in total. The zero-order chi connectivity index (χ0) is 23.3. The second-order valence-electron chi connectivity index (χ2n) is 9.05. The number of anilines is 2. The van der Waals surface area contributed by atoms with Crippen molar-refractivity contribution in [2.45, 2.75) is 37.5 Å². The second kappa shape index (κ2) is 8.46. The number of aryl methyl sites for hydroxylation is 1. The minimum absolute atomic E-state index is 0.0260. The van der Waals surface area contributed by atoms with E-state index in [4.69, 9.17) is 11.6 Å². The SMILES string of the molecule is Cc1ccc(Cl)cc1N1CCN(S(=O)(=O)c2ccc3c(c2)C(=C2CCCC2)C(=O)N3C)CC1. The third-order valence-electron chi connectivity index (χ3n) is 7.07. The van der Waals surface area contributed by atoms with E-state index in [2.05, 4.69) is 4.90 Å². The summed E-state index contributed by atoms with van der Waals surface area (Å²) in [5.41, 5.74) is 5.58. The summed E-state index contributed by atoms with van der Waals surface area (Å²) in [6, 6.07) is 10.9.